The SMILES string of the molecule is COC(=O)[C@H]1C[C@H]2C(c3nc4cc(C)ccc4o3)=C[C@@H]1C(=O)C2(OC)OC. The largest absolute Gasteiger partial charge is 0.469 e. The van der Waals surface area contributed by atoms with Gasteiger partial charge in [-0.25, -0.2) is 4.98 Å². The van der Waals surface area contributed by atoms with E-state index in [2.05, 4.69) is 4.98 Å². The maximum Gasteiger partial charge on any atom is 0.309 e. The third kappa shape index (κ3) is 2.45. The molecule has 3 atom stereocenters. The molecule has 1 aromatic carbocycles. The summed E-state index contributed by atoms with van der Waals surface area (Å²) in [5.41, 5.74) is 3.20. The molecule has 1 saturated carbocycles. The second-order valence-corrected chi connectivity index (χ2v) is 7.00. The summed E-state index contributed by atoms with van der Waals surface area (Å²) in [6.07, 6.45) is 2.11. The lowest BCUT2D eigenvalue weighted by molar-refractivity contribution is -0.238. The molecule has 27 heavy (non-hydrogen) atoms. The number of methoxy groups -OCH3 is 3. The van der Waals surface area contributed by atoms with Crippen molar-refractivity contribution in [2.45, 2.75) is 19.1 Å². The molecule has 1 fully saturated rings. The molecule has 0 unspecified atom stereocenters. The number of aromatic nitrogens is 1. The van der Waals surface area contributed by atoms with Crippen LogP contribution in [0.1, 0.15) is 17.9 Å². The van der Waals surface area contributed by atoms with Gasteiger partial charge in [-0.2, -0.15) is 0 Å². The predicted octanol–water partition coefficient (Wildman–Crippen LogP) is 2.52. The van der Waals surface area contributed by atoms with Crippen molar-refractivity contribution in [3.63, 3.8) is 0 Å². The van der Waals surface area contributed by atoms with Crippen LogP contribution in [0.3, 0.4) is 0 Å². The molecule has 0 radical (unpaired) electrons. The van der Waals surface area contributed by atoms with Crippen LogP contribution in [0.25, 0.3) is 16.7 Å². The number of Topliss-reactive ketones (excluding diaryl/α,β-unsaturated/α-hetero) is 1. The standard InChI is InChI=1S/C20H21NO6/c1-10-5-6-16-15(7-10)21-18(27-16)13-8-11-12(19(23)24-2)9-14(13)20(25-3,26-4)17(11)22/h5-8,11-12,14H,9H2,1-4H3/t11-,12-,14-/m0/s1. The van der Waals surface area contributed by atoms with Gasteiger partial charge in [-0.15, -0.1) is 0 Å². The maximum atomic E-state index is 13.0. The minimum atomic E-state index is -1.46. The van der Waals surface area contributed by atoms with Crippen LogP contribution in [0.15, 0.2) is 28.7 Å². The molecule has 7 nitrogen and oxygen atoms in total. The quantitative estimate of drug-likeness (QED) is 0.603. The molecule has 0 N–H and O–H groups in total. The molecule has 1 heterocycles. The van der Waals surface area contributed by atoms with Gasteiger partial charge in [-0.05, 0) is 31.0 Å². The monoisotopic (exact) mass is 371 g/mol. The summed E-state index contributed by atoms with van der Waals surface area (Å²) in [6.45, 7) is 1.98. The van der Waals surface area contributed by atoms with E-state index in [-0.39, 0.29) is 5.78 Å². The molecule has 2 bridgehead atoms. The minimum Gasteiger partial charge on any atom is -0.469 e. The Hall–Kier alpha value is -2.51. The Morgan fingerprint density at radius 3 is 2.67 bits per heavy atom. The Morgan fingerprint density at radius 2 is 2.00 bits per heavy atom. The fraction of sp³-hybridized carbons (Fsp3) is 0.450. The number of ketones is 1. The first kappa shape index (κ1) is 17.9. The summed E-state index contributed by atoms with van der Waals surface area (Å²) in [6, 6.07) is 5.75. The van der Waals surface area contributed by atoms with Gasteiger partial charge in [0.05, 0.1) is 24.9 Å². The van der Waals surface area contributed by atoms with Crippen LogP contribution >= 0.6 is 0 Å². The molecule has 0 amide bonds. The number of oxazole rings is 1. The van der Waals surface area contributed by atoms with Crippen molar-refractivity contribution in [1.82, 2.24) is 4.98 Å². The normalized spacial score (nSPS) is 26.3. The second kappa shape index (κ2) is 6.28. The van der Waals surface area contributed by atoms with Gasteiger partial charge in [-0.1, -0.05) is 12.1 Å². The summed E-state index contributed by atoms with van der Waals surface area (Å²) in [5.74, 6) is -3.55. The van der Waals surface area contributed by atoms with Gasteiger partial charge in [0.2, 0.25) is 11.7 Å². The summed E-state index contributed by atoms with van der Waals surface area (Å²) >= 11 is 0. The highest BCUT2D eigenvalue weighted by atomic mass is 16.7. The average molecular weight is 371 g/mol. The van der Waals surface area contributed by atoms with Crippen LogP contribution in [0.4, 0.5) is 0 Å². The Morgan fingerprint density at radius 1 is 1.26 bits per heavy atom. The lowest BCUT2D eigenvalue weighted by atomic mass is 9.61. The zero-order chi connectivity index (χ0) is 19.3. The summed E-state index contributed by atoms with van der Waals surface area (Å²) in [4.78, 5) is 29.8. The lowest BCUT2D eigenvalue weighted by Gasteiger charge is -2.48. The van der Waals surface area contributed by atoms with Gasteiger partial charge in [-0.3, -0.25) is 9.59 Å². The highest BCUT2D eigenvalue weighted by molar-refractivity contribution is 6.00. The minimum absolute atomic E-state index is 0.283. The van der Waals surface area contributed by atoms with Crippen molar-refractivity contribution in [3.05, 3.63) is 35.7 Å². The van der Waals surface area contributed by atoms with E-state index in [1.54, 1.807) is 6.08 Å². The first-order valence-corrected chi connectivity index (χ1v) is 8.77. The number of carbonyl (C=O) groups is 2. The number of benzene rings is 1. The number of fused-ring (bicyclic) bond motifs is 3. The smallest absolute Gasteiger partial charge is 0.309 e. The third-order valence-electron chi connectivity index (χ3n) is 5.66. The topological polar surface area (TPSA) is 87.9 Å². The van der Waals surface area contributed by atoms with E-state index in [0.717, 1.165) is 16.7 Å². The van der Waals surface area contributed by atoms with Crippen molar-refractivity contribution in [1.29, 1.82) is 0 Å². The number of aryl methyl sites for hydroxylation is 1. The summed E-state index contributed by atoms with van der Waals surface area (Å²) < 4.78 is 21.9. The zero-order valence-electron chi connectivity index (χ0n) is 15.6. The Bertz CT molecular complexity index is 955. The molecule has 2 aromatic rings. The van der Waals surface area contributed by atoms with Gasteiger partial charge in [0.25, 0.3) is 0 Å². The van der Waals surface area contributed by atoms with E-state index in [1.165, 1.54) is 21.3 Å². The van der Waals surface area contributed by atoms with E-state index in [0.29, 0.717) is 17.9 Å². The zero-order valence-corrected chi connectivity index (χ0v) is 15.6. The highest BCUT2D eigenvalue weighted by Crippen LogP contribution is 2.52. The highest BCUT2D eigenvalue weighted by Gasteiger charge is 2.62. The van der Waals surface area contributed by atoms with Crippen LogP contribution in [-0.2, 0) is 23.8 Å². The van der Waals surface area contributed by atoms with Crippen molar-refractivity contribution >= 4 is 28.4 Å². The lowest BCUT2D eigenvalue weighted by Crippen LogP contribution is -2.61. The van der Waals surface area contributed by atoms with Crippen molar-refractivity contribution < 1.29 is 28.2 Å². The van der Waals surface area contributed by atoms with Crippen LogP contribution in [0, 0.1) is 24.7 Å². The van der Waals surface area contributed by atoms with Crippen molar-refractivity contribution in [2.24, 2.45) is 17.8 Å². The fourth-order valence-electron chi connectivity index (χ4n) is 4.32. The molecular weight excluding hydrogens is 350 g/mol. The van der Waals surface area contributed by atoms with E-state index in [4.69, 9.17) is 18.6 Å². The van der Waals surface area contributed by atoms with Gasteiger partial charge in [0.15, 0.2) is 11.4 Å². The third-order valence-corrected chi connectivity index (χ3v) is 5.66. The molecule has 0 aliphatic heterocycles. The van der Waals surface area contributed by atoms with E-state index >= 15 is 0 Å². The predicted molar refractivity (Wildman–Crippen MR) is 95.6 cm³/mol. The molecule has 0 saturated heterocycles. The van der Waals surface area contributed by atoms with E-state index in [1.807, 2.05) is 25.1 Å². The number of ether oxygens (including phenoxy) is 3. The number of esters is 1. The molecule has 3 aliphatic rings. The molecule has 1 aromatic heterocycles. The maximum absolute atomic E-state index is 13.0. The molecule has 0 spiro atoms. The number of rotatable bonds is 4. The van der Waals surface area contributed by atoms with E-state index in [9.17, 15) is 9.59 Å². The van der Waals surface area contributed by atoms with E-state index < -0.39 is 29.5 Å². The number of carbonyl (C=O) groups excluding carboxylic acids is 2. The van der Waals surface area contributed by atoms with Gasteiger partial charge < -0.3 is 18.6 Å². The van der Waals surface area contributed by atoms with Crippen molar-refractivity contribution in [2.75, 3.05) is 21.3 Å². The average Bonchev–Trinajstić information content (AvgIpc) is 3.11. The second-order valence-electron chi connectivity index (χ2n) is 7.00. The molecule has 142 valence electrons. The van der Waals surface area contributed by atoms with Gasteiger partial charge >= 0.3 is 5.97 Å². The van der Waals surface area contributed by atoms with Gasteiger partial charge in [0.1, 0.15) is 5.52 Å². The summed E-state index contributed by atoms with van der Waals surface area (Å²) in [5, 5.41) is 0. The Labute approximate surface area is 156 Å². The van der Waals surface area contributed by atoms with Crippen molar-refractivity contribution in [3.8, 4) is 0 Å². The number of hydrogen-bond acceptors (Lipinski definition) is 7. The fourth-order valence-corrected chi connectivity index (χ4v) is 4.32. The first-order valence-electron chi connectivity index (χ1n) is 8.77. The Balaban J connectivity index is 1.85. The first-order chi connectivity index (χ1) is 12.9. The number of nitrogens with zero attached hydrogens (tertiary/aromatic N) is 1. The van der Waals surface area contributed by atoms with Gasteiger partial charge in [0, 0.05) is 19.8 Å². The van der Waals surface area contributed by atoms with Crippen LogP contribution in [-0.4, -0.2) is 43.9 Å². The van der Waals surface area contributed by atoms with Crippen LogP contribution in [0.5, 0.6) is 0 Å². The number of hydrogen-bond donors (Lipinski definition) is 0. The van der Waals surface area contributed by atoms with Crippen LogP contribution < -0.4 is 0 Å². The molecular formula is C20H21NO6. The Kier molecular flexibility index (Phi) is 4.16. The molecule has 3 aliphatic carbocycles. The summed E-state index contributed by atoms with van der Waals surface area (Å²) in [7, 11) is 4.19. The number of allylic oxidation sites excluding steroid dienone is 1. The molecule has 7 heteroatoms. The van der Waals surface area contributed by atoms with Crippen LogP contribution in [0.2, 0.25) is 0 Å². The molecule has 5 rings (SSSR count).